The van der Waals surface area contributed by atoms with Gasteiger partial charge in [-0.05, 0) is 6.92 Å². The second-order valence-corrected chi connectivity index (χ2v) is 1.94. The van der Waals surface area contributed by atoms with Gasteiger partial charge in [0.05, 0.1) is 0 Å². The van der Waals surface area contributed by atoms with Crippen molar-refractivity contribution in [1.82, 2.24) is 4.98 Å². The Kier molecular flexibility index (Phi) is 70.6. The topological polar surface area (TPSA) is 15.8 Å². The summed E-state index contributed by atoms with van der Waals surface area (Å²) in [6.07, 6.45) is 12.8. The van der Waals surface area contributed by atoms with Crippen molar-refractivity contribution in [2.24, 2.45) is 0 Å². The van der Waals surface area contributed by atoms with E-state index in [1.807, 2.05) is 43.5 Å². The molecule has 0 aliphatic rings. The first-order valence-corrected chi connectivity index (χ1v) is 6.11. The van der Waals surface area contributed by atoms with Crippen LogP contribution in [0.1, 0.15) is 40.2 Å². The van der Waals surface area contributed by atoms with Crippen molar-refractivity contribution in [1.29, 1.82) is 0 Å². The summed E-state index contributed by atoms with van der Waals surface area (Å²) in [6, 6.07) is 1.97. The van der Waals surface area contributed by atoms with E-state index < -0.39 is 0 Å². The number of H-pyrrole nitrogens is 1. The third-order valence-electron chi connectivity index (χ3n) is 1.14. The fourth-order valence-corrected chi connectivity index (χ4v) is 0.666. The van der Waals surface area contributed by atoms with Crippen molar-refractivity contribution in [3.05, 3.63) is 69.9 Å². The molecule has 1 radical (unpaired) electrons. The van der Waals surface area contributed by atoms with Crippen LogP contribution >= 0.6 is 0 Å². The van der Waals surface area contributed by atoms with Crippen molar-refractivity contribution >= 4 is 6.08 Å². The fourth-order valence-electron chi connectivity index (χ4n) is 0.666. The molecule has 111 valence electrons. The Morgan fingerprint density at radius 3 is 1.74 bits per heavy atom. The van der Waals surface area contributed by atoms with Gasteiger partial charge in [0.15, 0.2) is 0 Å². The van der Waals surface area contributed by atoms with Gasteiger partial charge in [-0.2, -0.15) is 33.8 Å². The molecule has 1 nitrogen and oxygen atoms in total. The van der Waals surface area contributed by atoms with Gasteiger partial charge in [-0.15, -0.1) is 23.9 Å². The molecule has 0 fully saturated rings. The minimum atomic E-state index is 0. The Bertz CT molecular complexity index is 223. The van der Waals surface area contributed by atoms with Crippen LogP contribution in [0.5, 0.6) is 0 Å². The van der Waals surface area contributed by atoms with E-state index in [-0.39, 0.29) is 19.5 Å². The minimum absolute atomic E-state index is 0. The van der Waals surface area contributed by atoms with E-state index in [0.29, 0.717) is 0 Å². The van der Waals surface area contributed by atoms with Crippen LogP contribution in [-0.2, 0) is 19.5 Å². The van der Waals surface area contributed by atoms with Gasteiger partial charge in [0, 0.05) is 0 Å². The molecule has 1 rings (SSSR count). The summed E-state index contributed by atoms with van der Waals surface area (Å²) in [7, 11) is 0. The van der Waals surface area contributed by atoms with Crippen molar-refractivity contribution in [3.63, 3.8) is 0 Å². The standard InChI is InChI=1S/C9H10N.4C2H5.Ru/c1-2-3-4-5-9-6-7-10-8-9;4*1-2;/h2-7,10H,1H3;4*1H2,2H3;/q5*-1;+5. The second-order valence-electron chi connectivity index (χ2n) is 1.94. The predicted octanol–water partition coefficient (Wildman–Crippen LogP) is 5.76. The van der Waals surface area contributed by atoms with Gasteiger partial charge in [-0.25, -0.2) is 0 Å². The average Bonchev–Trinajstić information content (AvgIpc) is 3.01. The zero-order valence-corrected chi connectivity index (χ0v) is 14.9. The van der Waals surface area contributed by atoms with Crippen LogP contribution in [0.4, 0.5) is 0 Å². The first-order chi connectivity index (χ1) is 8.93. The van der Waals surface area contributed by atoms with E-state index in [1.54, 1.807) is 27.7 Å². The summed E-state index contributed by atoms with van der Waals surface area (Å²) in [4.78, 5) is 2.86. The van der Waals surface area contributed by atoms with E-state index >= 15 is 0 Å². The van der Waals surface area contributed by atoms with Gasteiger partial charge in [-0.3, -0.25) is 0 Å². The first-order valence-electron chi connectivity index (χ1n) is 6.11. The molecule has 0 bridgehead atoms. The van der Waals surface area contributed by atoms with Gasteiger partial charge in [0.2, 0.25) is 0 Å². The Labute approximate surface area is 135 Å². The van der Waals surface area contributed by atoms with E-state index in [4.69, 9.17) is 0 Å². The van der Waals surface area contributed by atoms with Crippen LogP contribution in [0.25, 0.3) is 6.08 Å². The molecule has 0 unspecified atom stereocenters. The SMILES string of the molecule is CC=CC=Cc1[c-][nH]cc1.[CH2-]C.[CH2-]C.[CH2-]C.[CH2-]C.[Ru+5]. The van der Waals surface area contributed by atoms with E-state index in [0.717, 1.165) is 5.56 Å². The maximum atomic E-state index is 3.25. The summed E-state index contributed by atoms with van der Waals surface area (Å²) < 4.78 is 0. The molecule has 1 aromatic heterocycles. The van der Waals surface area contributed by atoms with Crippen molar-refractivity contribution in [2.45, 2.75) is 34.6 Å². The normalized spacial score (nSPS) is 7.42. The van der Waals surface area contributed by atoms with Crippen LogP contribution in [0.15, 0.2) is 30.5 Å². The third kappa shape index (κ3) is 31.7. The van der Waals surface area contributed by atoms with E-state index in [1.165, 1.54) is 0 Å². The molecule has 0 aliphatic heterocycles. The van der Waals surface area contributed by atoms with E-state index in [9.17, 15) is 0 Å². The molecular formula is C17H30NRu. The molecule has 0 spiro atoms. The van der Waals surface area contributed by atoms with Crippen LogP contribution in [0.3, 0.4) is 0 Å². The molecule has 0 amide bonds. The van der Waals surface area contributed by atoms with Gasteiger partial charge < -0.3 is 32.7 Å². The zero-order chi connectivity index (χ0) is 15.2. The Morgan fingerprint density at radius 2 is 1.42 bits per heavy atom. The number of nitrogens with one attached hydrogen (secondary N) is 1. The maximum absolute atomic E-state index is 3.25. The van der Waals surface area contributed by atoms with Crippen LogP contribution < -0.4 is 0 Å². The molecule has 0 atom stereocenters. The van der Waals surface area contributed by atoms with Crippen molar-refractivity contribution in [3.8, 4) is 0 Å². The summed E-state index contributed by atoms with van der Waals surface area (Å²) in [5.74, 6) is 0. The van der Waals surface area contributed by atoms with Crippen LogP contribution in [0, 0.1) is 33.9 Å². The van der Waals surface area contributed by atoms with Crippen LogP contribution in [0.2, 0.25) is 0 Å². The van der Waals surface area contributed by atoms with Crippen molar-refractivity contribution < 1.29 is 19.5 Å². The summed E-state index contributed by atoms with van der Waals surface area (Å²) in [5, 5.41) is 0. The van der Waals surface area contributed by atoms with Gasteiger partial charge in [-0.1, -0.05) is 18.3 Å². The zero-order valence-electron chi connectivity index (χ0n) is 13.1. The molecule has 0 saturated carbocycles. The smallest absolute Gasteiger partial charge is 0.453 e. The molecule has 1 heterocycles. The summed E-state index contributed by atoms with van der Waals surface area (Å²) in [5.41, 5.74) is 1.08. The Hall–Kier alpha value is -0.617. The summed E-state index contributed by atoms with van der Waals surface area (Å²) >= 11 is 0. The Balaban J connectivity index is -0.0000000628. The second kappa shape index (κ2) is 43.3. The number of hydrogen-bond donors (Lipinski definition) is 1. The van der Waals surface area contributed by atoms with Gasteiger partial charge in [0.1, 0.15) is 0 Å². The third-order valence-corrected chi connectivity index (χ3v) is 1.14. The fraction of sp³-hybridized carbons (Fsp3) is 0.294. The van der Waals surface area contributed by atoms with E-state index in [2.05, 4.69) is 38.9 Å². The molecule has 2 heteroatoms. The quantitative estimate of drug-likeness (QED) is 0.397. The number of allylic oxidation sites excluding steroid dienone is 3. The first kappa shape index (κ1) is 31.0. The number of rotatable bonds is 2. The van der Waals surface area contributed by atoms with Crippen LogP contribution in [-0.4, -0.2) is 4.98 Å². The molecule has 0 aliphatic carbocycles. The van der Waals surface area contributed by atoms with Gasteiger partial charge >= 0.3 is 19.5 Å². The minimum Gasteiger partial charge on any atom is -0.453 e. The number of aromatic amines is 1. The molecule has 1 N–H and O–H groups in total. The Morgan fingerprint density at radius 1 is 0.947 bits per heavy atom. The largest absolute Gasteiger partial charge is 5.00 e. The predicted molar refractivity (Wildman–Crippen MR) is 87.6 cm³/mol. The summed E-state index contributed by atoms with van der Waals surface area (Å²) in [6.45, 7) is 22.0. The monoisotopic (exact) mass is 350 g/mol. The van der Waals surface area contributed by atoms with Crippen molar-refractivity contribution in [2.75, 3.05) is 0 Å². The number of aromatic nitrogens is 1. The molecule has 19 heavy (non-hydrogen) atoms. The maximum Gasteiger partial charge on any atom is 5.00 e. The molecule has 0 aromatic carbocycles. The molecular weight excluding hydrogens is 319 g/mol. The molecule has 1 aromatic rings. The van der Waals surface area contributed by atoms with Gasteiger partial charge in [0.25, 0.3) is 0 Å². The number of hydrogen-bond acceptors (Lipinski definition) is 0. The average molecular weight is 350 g/mol. The molecule has 0 saturated heterocycles.